The molecule has 0 aromatic heterocycles. The number of halogens is 1. The molecule has 3 rings (SSSR count). The van der Waals surface area contributed by atoms with Gasteiger partial charge in [0.2, 0.25) is 0 Å². The largest absolute Gasteiger partial charge is 0.444 e. The molecule has 6 heteroatoms. The molecule has 1 amide bonds. The molecule has 28 heavy (non-hydrogen) atoms. The third-order valence-electron chi connectivity index (χ3n) is 5.42. The lowest BCUT2D eigenvalue weighted by Crippen LogP contribution is -2.55. The number of carbonyl (C=O) groups excluding carboxylic acids is 1. The molecule has 0 radical (unpaired) electrons. The summed E-state index contributed by atoms with van der Waals surface area (Å²) in [6.45, 7) is 13.6. The van der Waals surface area contributed by atoms with E-state index < -0.39 is 5.60 Å². The molecule has 1 aromatic carbocycles. The van der Waals surface area contributed by atoms with Crippen LogP contribution in [0.15, 0.2) is 22.7 Å². The van der Waals surface area contributed by atoms with E-state index in [-0.39, 0.29) is 12.1 Å². The summed E-state index contributed by atoms with van der Waals surface area (Å²) in [5.74, 6) is 0. The van der Waals surface area contributed by atoms with Gasteiger partial charge in [-0.3, -0.25) is 4.90 Å². The van der Waals surface area contributed by atoms with Crippen LogP contribution >= 0.6 is 15.9 Å². The zero-order valence-corrected chi connectivity index (χ0v) is 19.3. The lowest BCUT2D eigenvalue weighted by molar-refractivity contribution is 0.0159. The predicted octanol–water partition coefficient (Wildman–Crippen LogP) is 4.88. The predicted molar refractivity (Wildman–Crippen MR) is 118 cm³/mol. The zero-order valence-electron chi connectivity index (χ0n) is 17.7. The summed E-state index contributed by atoms with van der Waals surface area (Å²) in [6.07, 6.45) is 3.77. The number of amides is 1. The molecule has 0 bridgehead atoms. The van der Waals surface area contributed by atoms with Gasteiger partial charge < -0.3 is 14.5 Å². The van der Waals surface area contributed by atoms with E-state index in [1.165, 1.54) is 43.6 Å². The van der Waals surface area contributed by atoms with E-state index in [0.717, 1.165) is 24.1 Å². The van der Waals surface area contributed by atoms with E-state index in [2.05, 4.69) is 50.9 Å². The van der Waals surface area contributed by atoms with Crippen molar-refractivity contribution >= 4 is 27.7 Å². The topological polar surface area (TPSA) is 36.0 Å². The Balaban J connectivity index is 1.65. The summed E-state index contributed by atoms with van der Waals surface area (Å²) in [5, 5.41) is 0. The normalized spacial score (nSPS) is 21.7. The molecule has 2 saturated heterocycles. The quantitative estimate of drug-likeness (QED) is 0.655. The van der Waals surface area contributed by atoms with E-state index in [4.69, 9.17) is 4.74 Å². The van der Waals surface area contributed by atoms with Gasteiger partial charge in [0, 0.05) is 42.4 Å². The monoisotopic (exact) mass is 451 g/mol. The van der Waals surface area contributed by atoms with Crippen LogP contribution < -0.4 is 4.90 Å². The summed E-state index contributed by atoms with van der Waals surface area (Å²) in [4.78, 5) is 19.3. The van der Waals surface area contributed by atoms with Crippen molar-refractivity contribution in [1.82, 2.24) is 9.80 Å². The van der Waals surface area contributed by atoms with Crippen LogP contribution in [0.3, 0.4) is 0 Å². The standard InChI is InChI=1S/C22H34BrN3O2/c1-17-15-25(10-11-26(17)21(27)28-22(2,3)4)20-13-18(12-19(23)14-20)16-24-8-6-5-7-9-24/h12-14,17H,5-11,15-16H2,1-4H3/t17-/m0/s1. The molecule has 0 N–H and O–H groups in total. The molecule has 2 aliphatic heterocycles. The molecule has 156 valence electrons. The van der Waals surface area contributed by atoms with E-state index in [9.17, 15) is 4.79 Å². The molecule has 1 atom stereocenters. The fourth-order valence-corrected chi connectivity index (χ4v) is 4.60. The van der Waals surface area contributed by atoms with E-state index in [1.54, 1.807) is 0 Å². The average Bonchev–Trinajstić information content (AvgIpc) is 2.60. The van der Waals surface area contributed by atoms with Crippen molar-refractivity contribution in [3.05, 3.63) is 28.2 Å². The number of hydrogen-bond donors (Lipinski definition) is 0. The summed E-state index contributed by atoms with van der Waals surface area (Å²) in [5.41, 5.74) is 2.13. The van der Waals surface area contributed by atoms with Crippen LogP contribution in [0.1, 0.15) is 52.5 Å². The molecule has 0 spiro atoms. The molecular formula is C22H34BrN3O2. The Hall–Kier alpha value is -1.27. The van der Waals surface area contributed by atoms with Crippen LogP contribution in [0.2, 0.25) is 0 Å². The molecule has 0 aliphatic carbocycles. The first-order valence-corrected chi connectivity index (χ1v) is 11.3. The highest BCUT2D eigenvalue weighted by molar-refractivity contribution is 9.10. The van der Waals surface area contributed by atoms with Crippen molar-refractivity contribution in [1.29, 1.82) is 0 Å². The minimum atomic E-state index is -0.457. The van der Waals surface area contributed by atoms with Crippen molar-refractivity contribution in [3.63, 3.8) is 0 Å². The van der Waals surface area contributed by atoms with Crippen molar-refractivity contribution in [2.45, 2.75) is 65.1 Å². The first-order valence-electron chi connectivity index (χ1n) is 10.5. The molecule has 5 nitrogen and oxygen atoms in total. The van der Waals surface area contributed by atoms with E-state index >= 15 is 0 Å². The summed E-state index contributed by atoms with van der Waals surface area (Å²) < 4.78 is 6.69. The Morgan fingerprint density at radius 1 is 1.11 bits per heavy atom. The second-order valence-corrected chi connectivity index (χ2v) is 10.0. The minimum Gasteiger partial charge on any atom is -0.444 e. The molecule has 1 aromatic rings. The zero-order chi connectivity index (χ0) is 20.3. The summed E-state index contributed by atoms with van der Waals surface area (Å²) >= 11 is 3.70. The molecule has 0 unspecified atom stereocenters. The maximum atomic E-state index is 12.5. The lowest BCUT2D eigenvalue weighted by atomic mass is 10.1. The Bertz CT molecular complexity index is 683. The Kier molecular flexibility index (Phi) is 6.92. The highest BCUT2D eigenvalue weighted by Crippen LogP contribution is 2.27. The second kappa shape index (κ2) is 9.04. The van der Waals surface area contributed by atoms with Gasteiger partial charge in [0.1, 0.15) is 5.60 Å². The van der Waals surface area contributed by atoms with Gasteiger partial charge in [-0.2, -0.15) is 0 Å². The van der Waals surface area contributed by atoms with Crippen molar-refractivity contribution < 1.29 is 9.53 Å². The van der Waals surface area contributed by atoms with Gasteiger partial charge in [0.25, 0.3) is 0 Å². The average molecular weight is 452 g/mol. The molecule has 2 fully saturated rings. The van der Waals surface area contributed by atoms with Gasteiger partial charge in [-0.1, -0.05) is 22.4 Å². The number of ether oxygens (including phenoxy) is 1. The summed E-state index contributed by atoms with van der Waals surface area (Å²) in [6, 6.07) is 6.86. The number of benzene rings is 1. The SMILES string of the molecule is C[C@H]1CN(c2cc(Br)cc(CN3CCCCC3)c2)CCN1C(=O)OC(C)(C)C. The number of carbonyl (C=O) groups is 1. The van der Waals surface area contributed by atoms with Crippen molar-refractivity contribution in [2.75, 3.05) is 37.6 Å². The molecular weight excluding hydrogens is 418 g/mol. The number of hydrogen-bond acceptors (Lipinski definition) is 4. The van der Waals surface area contributed by atoms with Crippen LogP contribution in [0.25, 0.3) is 0 Å². The third-order valence-corrected chi connectivity index (χ3v) is 5.88. The van der Waals surface area contributed by atoms with E-state index in [1.807, 2.05) is 25.7 Å². The first-order chi connectivity index (χ1) is 13.2. The second-order valence-electron chi connectivity index (χ2n) is 9.12. The summed E-state index contributed by atoms with van der Waals surface area (Å²) in [7, 11) is 0. The number of anilines is 1. The fraction of sp³-hybridized carbons (Fsp3) is 0.682. The number of rotatable bonds is 3. The highest BCUT2D eigenvalue weighted by Gasteiger charge is 2.31. The van der Waals surface area contributed by atoms with Gasteiger partial charge in [-0.15, -0.1) is 0 Å². The Morgan fingerprint density at radius 2 is 1.82 bits per heavy atom. The van der Waals surface area contributed by atoms with Crippen LogP contribution in [0.5, 0.6) is 0 Å². The lowest BCUT2D eigenvalue weighted by Gasteiger charge is -2.41. The van der Waals surface area contributed by atoms with Gasteiger partial charge in [-0.05, 0) is 77.4 Å². The number of piperazine rings is 1. The maximum Gasteiger partial charge on any atom is 0.410 e. The molecule has 0 saturated carbocycles. The van der Waals surface area contributed by atoms with Gasteiger partial charge in [0.05, 0.1) is 0 Å². The minimum absolute atomic E-state index is 0.119. The first kappa shape index (κ1) is 21.4. The Labute approximate surface area is 178 Å². The van der Waals surface area contributed by atoms with Crippen molar-refractivity contribution in [2.24, 2.45) is 0 Å². The van der Waals surface area contributed by atoms with Crippen LogP contribution in [-0.2, 0) is 11.3 Å². The van der Waals surface area contributed by atoms with Crippen molar-refractivity contribution in [3.8, 4) is 0 Å². The maximum absolute atomic E-state index is 12.5. The fourth-order valence-electron chi connectivity index (χ4n) is 4.07. The smallest absolute Gasteiger partial charge is 0.410 e. The van der Waals surface area contributed by atoms with Gasteiger partial charge in [-0.25, -0.2) is 4.79 Å². The molecule has 2 aliphatic rings. The number of piperidine rings is 1. The number of nitrogens with zero attached hydrogens (tertiary/aromatic N) is 3. The highest BCUT2D eigenvalue weighted by atomic mass is 79.9. The van der Waals surface area contributed by atoms with Crippen LogP contribution in [0.4, 0.5) is 10.5 Å². The molecule has 2 heterocycles. The Morgan fingerprint density at radius 3 is 2.46 bits per heavy atom. The van der Waals surface area contributed by atoms with Crippen LogP contribution in [0, 0.1) is 0 Å². The van der Waals surface area contributed by atoms with E-state index in [0.29, 0.717) is 6.54 Å². The van der Waals surface area contributed by atoms with Crippen LogP contribution in [-0.4, -0.2) is 60.3 Å². The van der Waals surface area contributed by atoms with Gasteiger partial charge in [0.15, 0.2) is 0 Å². The number of likely N-dealkylation sites (tertiary alicyclic amines) is 1. The third kappa shape index (κ3) is 5.86. The van der Waals surface area contributed by atoms with Gasteiger partial charge >= 0.3 is 6.09 Å².